The Kier molecular flexibility index (Phi) is 6.14. The second-order valence-corrected chi connectivity index (χ2v) is 7.07. The van der Waals surface area contributed by atoms with Crippen LogP contribution in [0.25, 0.3) is 10.9 Å². The zero-order chi connectivity index (χ0) is 18.5. The lowest BCUT2D eigenvalue weighted by atomic mass is 9.89. The molecule has 0 spiro atoms. The summed E-state index contributed by atoms with van der Waals surface area (Å²) in [5.41, 5.74) is 0.495. The molecule has 6 nitrogen and oxygen atoms in total. The predicted octanol–water partition coefficient (Wildman–Crippen LogP) is 3.34. The topological polar surface area (TPSA) is 67.5 Å². The highest BCUT2D eigenvalue weighted by Crippen LogP contribution is 2.30. The van der Waals surface area contributed by atoms with Gasteiger partial charge >= 0.3 is 0 Å². The van der Waals surface area contributed by atoms with Crippen LogP contribution >= 0.6 is 0 Å². The number of nitrogens with zero attached hydrogens (tertiary/aromatic N) is 2. The van der Waals surface area contributed by atoms with Gasteiger partial charge in [-0.25, -0.2) is 4.98 Å². The minimum Gasteiger partial charge on any atom is -0.493 e. The number of nitrogens with one attached hydrogen (secondary N) is 1. The van der Waals surface area contributed by atoms with Crippen LogP contribution in [-0.4, -0.2) is 42.2 Å². The molecule has 0 atom stereocenters. The van der Waals surface area contributed by atoms with Crippen molar-refractivity contribution >= 4 is 10.9 Å². The van der Waals surface area contributed by atoms with Gasteiger partial charge in [-0.1, -0.05) is 26.2 Å². The molecule has 1 aromatic carbocycles. The van der Waals surface area contributed by atoms with Crippen LogP contribution in [0.5, 0.6) is 11.5 Å². The van der Waals surface area contributed by atoms with Crippen LogP contribution in [0.3, 0.4) is 0 Å². The van der Waals surface area contributed by atoms with Gasteiger partial charge in [0.05, 0.1) is 31.7 Å². The van der Waals surface area contributed by atoms with Crippen LogP contribution < -0.4 is 15.0 Å². The number of aromatic amines is 1. The molecule has 3 rings (SSSR count). The molecule has 1 aliphatic carbocycles. The number of H-pyrrole nitrogens is 1. The smallest absolute Gasteiger partial charge is 0.258 e. The lowest BCUT2D eigenvalue weighted by molar-refractivity contribution is 0.198. The summed E-state index contributed by atoms with van der Waals surface area (Å²) >= 11 is 0. The van der Waals surface area contributed by atoms with Crippen molar-refractivity contribution in [2.45, 2.75) is 45.6 Å². The second-order valence-electron chi connectivity index (χ2n) is 7.07. The SMILES string of the molecule is CCN(Cc1nc2cc(OC)c(OC)cc2c(=O)[nH]1)CC1CCCCC1. The van der Waals surface area contributed by atoms with Gasteiger partial charge in [0.2, 0.25) is 0 Å². The summed E-state index contributed by atoms with van der Waals surface area (Å²) in [6.45, 7) is 4.84. The van der Waals surface area contributed by atoms with E-state index in [1.807, 2.05) is 0 Å². The number of ether oxygens (including phenoxy) is 2. The Morgan fingerprint density at radius 2 is 1.85 bits per heavy atom. The van der Waals surface area contributed by atoms with E-state index in [0.29, 0.717) is 34.8 Å². The largest absolute Gasteiger partial charge is 0.493 e. The van der Waals surface area contributed by atoms with Crippen molar-refractivity contribution in [3.05, 3.63) is 28.3 Å². The quantitative estimate of drug-likeness (QED) is 0.821. The molecule has 0 unspecified atom stereocenters. The number of methoxy groups -OCH3 is 2. The summed E-state index contributed by atoms with van der Waals surface area (Å²) in [5.74, 6) is 2.58. The molecule has 0 aliphatic heterocycles. The van der Waals surface area contributed by atoms with Crippen LogP contribution in [0.1, 0.15) is 44.9 Å². The molecular formula is C20H29N3O3. The van der Waals surface area contributed by atoms with Gasteiger partial charge in [0.25, 0.3) is 5.56 Å². The van der Waals surface area contributed by atoms with Gasteiger partial charge in [-0.2, -0.15) is 0 Å². The molecule has 1 aliphatic rings. The minimum absolute atomic E-state index is 0.139. The van der Waals surface area contributed by atoms with Gasteiger partial charge in [0.1, 0.15) is 5.82 Å². The number of fused-ring (bicyclic) bond motifs is 1. The fourth-order valence-electron chi connectivity index (χ4n) is 3.84. The van der Waals surface area contributed by atoms with E-state index >= 15 is 0 Å². The average molecular weight is 359 g/mol. The normalized spacial score (nSPS) is 15.5. The molecule has 1 saturated carbocycles. The van der Waals surface area contributed by atoms with Gasteiger partial charge in [-0.15, -0.1) is 0 Å². The highest BCUT2D eigenvalue weighted by atomic mass is 16.5. The number of hydrogen-bond donors (Lipinski definition) is 1. The number of rotatable bonds is 7. The fourth-order valence-corrected chi connectivity index (χ4v) is 3.84. The molecule has 0 amide bonds. The van der Waals surface area contributed by atoms with Crippen molar-refractivity contribution in [1.29, 1.82) is 0 Å². The van der Waals surface area contributed by atoms with Gasteiger partial charge < -0.3 is 14.5 Å². The summed E-state index contributed by atoms with van der Waals surface area (Å²) < 4.78 is 10.6. The van der Waals surface area contributed by atoms with Crippen LogP contribution in [0, 0.1) is 5.92 Å². The van der Waals surface area contributed by atoms with E-state index < -0.39 is 0 Å². The Morgan fingerprint density at radius 3 is 2.50 bits per heavy atom. The first-order chi connectivity index (χ1) is 12.6. The Balaban J connectivity index is 1.83. The van der Waals surface area contributed by atoms with Crippen molar-refractivity contribution in [3.8, 4) is 11.5 Å². The molecule has 0 saturated heterocycles. The molecular weight excluding hydrogens is 330 g/mol. The standard InChI is InChI=1S/C20H29N3O3/c1-4-23(12-14-8-6-5-7-9-14)13-19-21-16-11-18(26-3)17(25-2)10-15(16)20(24)22-19/h10-11,14H,4-9,12-13H2,1-3H3,(H,21,22,24). The lowest BCUT2D eigenvalue weighted by Crippen LogP contribution is -2.31. The molecule has 1 heterocycles. The highest BCUT2D eigenvalue weighted by molar-refractivity contribution is 5.81. The lowest BCUT2D eigenvalue weighted by Gasteiger charge is -2.28. The third kappa shape index (κ3) is 4.18. The summed E-state index contributed by atoms with van der Waals surface area (Å²) in [6, 6.07) is 3.45. The molecule has 0 radical (unpaired) electrons. The van der Waals surface area contributed by atoms with Gasteiger partial charge in [0, 0.05) is 12.6 Å². The molecule has 1 N–H and O–H groups in total. The van der Waals surface area contributed by atoms with Crippen LogP contribution in [0.2, 0.25) is 0 Å². The zero-order valence-corrected chi connectivity index (χ0v) is 16.0. The first-order valence-corrected chi connectivity index (χ1v) is 9.51. The maximum absolute atomic E-state index is 12.5. The van der Waals surface area contributed by atoms with Gasteiger partial charge in [-0.3, -0.25) is 9.69 Å². The second kappa shape index (κ2) is 8.54. The van der Waals surface area contributed by atoms with E-state index in [4.69, 9.17) is 9.47 Å². The minimum atomic E-state index is -0.139. The highest BCUT2D eigenvalue weighted by Gasteiger charge is 2.18. The summed E-state index contributed by atoms with van der Waals surface area (Å²) in [6.07, 6.45) is 6.68. The molecule has 142 valence electrons. The summed E-state index contributed by atoms with van der Waals surface area (Å²) in [7, 11) is 3.14. The average Bonchev–Trinajstić information content (AvgIpc) is 2.67. The third-order valence-corrected chi connectivity index (χ3v) is 5.32. The van der Waals surface area contributed by atoms with Crippen LogP contribution in [0.4, 0.5) is 0 Å². The first-order valence-electron chi connectivity index (χ1n) is 9.51. The van der Waals surface area contributed by atoms with Crippen molar-refractivity contribution in [2.24, 2.45) is 5.92 Å². The van der Waals surface area contributed by atoms with E-state index in [1.54, 1.807) is 26.4 Å². The van der Waals surface area contributed by atoms with Crippen molar-refractivity contribution in [2.75, 3.05) is 27.3 Å². The van der Waals surface area contributed by atoms with Crippen molar-refractivity contribution in [3.63, 3.8) is 0 Å². The van der Waals surface area contributed by atoms with Crippen LogP contribution in [0.15, 0.2) is 16.9 Å². The molecule has 2 aromatic rings. The number of benzene rings is 1. The predicted molar refractivity (Wildman–Crippen MR) is 103 cm³/mol. The van der Waals surface area contributed by atoms with E-state index in [1.165, 1.54) is 32.1 Å². The maximum atomic E-state index is 12.5. The Hall–Kier alpha value is -2.08. The molecule has 26 heavy (non-hydrogen) atoms. The van der Waals surface area contributed by atoms with E-state index in [-0.39, 0.29) is 5.56 Å². The van der Waals surface area contributed by atoms with E-state index in [2.05, 4.69) is 21.8 Å². The third-order valence-electron chi connectivity index (χ3n) is 5.32. The fraction of sp³-hybridized carbons (Fsp3) is 0.600. The van der Waals surface area contributed by atoms with E-state index in [9.17, 15) is 4.79 Å². The molecule has 0 bridgehead atoms. The number of hydrogen-bond acceptors (Lipinski definition) is 5. The Bertz CT molecular complexity index is 797. The van der Waals surface area contributed by atoms with Crippen LogP contribution in [-0.2, 0) is 6.54 Å². The summed E-state index contributed by atoms with van der Waals surface area (Å²) in [4.78, 5) is 22.5. The van der Waals surface area contributed by atoms with E-state index in [0.717, 1.165) is 19.0 Å². The monoisotopic (exact) mass is 359 g/mol. The van der Waals surface area contributed by atoms with Crippen molar-refractivity contribution in [1.82, 2.24) is 14.9 Å². The molecule has 1 fully saturated rings. The van der Waals surface area contributed by atoms with Gasteiger partial charge in [0.15, 0.2) is 11.5 Å². The number of aromatic nitrogens is 2. The summed E-state index contributed by atoms with van der Waals surface area (Å²) in [5, 5.41) is 0.515. The zero-order valence-electron chi connectivity index (χ0n) is 16.0. The first kappa shape index (κ1) is 18.7. The maximum Gasteiger partial charge on any atom is 0.258 e. The Labute approximate surface area is 154 Å². The van der Waals surface area contributed by atoms with Gasteiger partial charge in [-0.05, 0) is 31.4 Å². The molecule has 6 heteroatoms. The van der Waals surface area contributed by atoms with Crippen molar-refractivity contribution < 1.29 is 9.47 Å². The molecule has 1 aromatic heterocycles. The Morgan fingerprint density at radius 1 is 1.15 bits per heavy atom.